The molecular formula is C20H24FN5O5. The third kappa shape index (κ3) is 4.65. The minimum absolute atomic E-state index is 0.246. The Morgan fingerprint density at radius 3 is 2.74 bits per heavy atom. The van der Waals surface area contributed by atoms with E-state index in [1.807, 2.05) is 6.92 Å². The van der Waals surface area contributed by atoms with Crippen LogP contribution in [0.5, 0.6) is 0 Å². The molecule has 1 spiro atoms. The highest BCUT2D eigenvalue weighted by Gasteiger charge is 2.49. The Labute approximate surface area is 178 Å². The summed E-state index contributed by atoms with van der Waals surface area (Å²) in [6, 6.07) is 4.22. The van der Waals surface area contributed by atoms with Crippen LogP contribution in [0.3, 0.4) is 0 Å². The number of carboxylic acid groups (broad SMARTS) is 1. The van der Waals surface area contributed by atoms with Gasteiger partial charge in [0, 0.05) is 37.7 Å². The van der Waals surface area contributed by atoms with E-state index >= 15 is 0 Å². The highest BCUT2D eigenvalue weighted by molar-refractivity contribution is 5.95. The fourth-order valence-electron chi connectivity index (χ4n) is 3.91. The standard InChI is InChI=1S/C19H22FN5O3.CH2O2/c1-3-5-25-16(21-12-22-25)13-7-14(9-15(20)8-13)17(26)24-6-4-19(11-24)10-23(2)18(27)28-19;2-1-3/h7-9,12H,3-6,10-11H2,1-2H3;1H,(H,2,3). The van der Waals surface area contributed by atoms with Crippen molar-refractivity contribution < 1.29 is 28.6 Å². The van der Waals surface area contributed by atoms with E-state index in [-0.39, 0.29) is 24.0 Å². The van der Waals surface area contributed by atoms with Gasteiger partial charge in [-0.1, -0.05) is 6.92 Å². The van der Waals surface area contributed by atoms with Crippen molar-refractivity contribution in [1.82, 2.24) is 24.6 Å². The van der Waals surface area contributed by atoms with Gasteiger partial charge in [-0.15, -0.1) is 0 Å². The van der Waals surface area contributed by atoms with Crippen molar-refractivity contribution in [1.29, 1.82) is 0 Å². The summed E-state index contributed by atoms with van der Waals surface area (Å²) in [5, 5.41) is 11.0. The molecule has 2 fully saturated rings. The quantitative estimate of drug-likeness (QED) is 0.731. The van der Waals surface area contributed by atoms with E-state index in [0.29, 0.717) is 44.0 Å². The number of likely N-dealkylation sites (tertiary alicyclic amines) is 1. The van der Waals surface area contributed by atoms with Gasteiger partial charge in [-0.3, -0.25) is 9.59 Å². The number of aromatic nitrogens is 3. The number of carbonyl (C=O) groups excluding carboxylic acids is 2. The predicted molar refractivity (Wildman–Crippen MR) is 107 cm³/mol. The van der Waals surface area contributed by atoms with Crippen LogP contribution >= 0.6 is 0 Å². The van der Waals surface area contributed by atoms with Crippen molar-refractivity contribution in [2.75, 3.05) is 26.7 Å². The Balaban J connectivity index is 0.000000858. The second-order valence-corrected chi connectivity index (χ2v) is 7.52. The van der Waals surface area contributed by atoms with Crippen LogP contribution in [0.1, 0.15) is 30.1 Å². The van der Waals surface area contributed by atoms with Gasteiger partial charge in [0.25, 0.3) is 12.4 Å². The van der Waals surface area contributed by atoms with Crippen LogP contribution in [0.4, 0.5) is 9.18 Å². The number of likely N-dealkylation sites (N-methyl/N-ethyl adjacent to an activating group) is 1. The van der Waals surface area contributed by atoms with E-state index in [0.717, 1.165) is 6.42 Å². The molecule has 2 saturated heterocycles. The van der Waals surface area contributed by atoms with Gasteiger partial charge < -0.3 is 19.6 Å². The smallest absolute Gasteiger partial charge is 0.410 e. The third-order valence-corrected chi connectivity index (χ3v) is 5.20. The second kappa shape index (κ2) is 9.11. The zero-order chi connectivity index (χ0) is 22.6. The highest BCUT2D eigenvalue weighted by Crippen LogP contribution is 2.33. The summed E-state index contributed by atoms with van der Waals surface area (Å²) in [7, 11) is 1.67. The first kappa shape index (κ1) is 22.2. The van der Waals surface area contributed by atoms with Gasteiger partial charge in [0.2, 0.25) is 0 Å². The van der Waals surface area contributed by atoms with E-state index in [9.17, 15) is 14.0 Å². The molecule has 2 amide bonds. The fraction of sp³-hybridized carbons (Fsp3) is 0.450. The first-order valence-electron chi connectivity index (χ1n) is 9.82. The SMILES string of the molecule is CCCn1ncnc1-c1cc(F)cc(C(=O)N2CCC3(CN(C)C(=O)O3)C2)c1.O=CO. The summed E-state index contributed by atoms with van der Waals surface area (Å²) in [6.07, 6.45) is 2.48. The van der Waals surface area contributed by atoms with Crippen LogP contribution in [0, 0.1) is 5.82 Å². The molecule has 2 aliphatic rings. The number of rotatable bonds is 4. The minimum Gasteiger partial charge on any atom is -0.483 e. The lowest BCUT2D eigenvalue weighted by molar-refractivity contribution is -0.122. The predicted octanol–water partition coefficient (Wildman–Crippen LogP) is 1.86. The molecule has 2 aromatic rings. The molecule has 31 heavy (non-hydrogen) atoms. The summed E-state index contributed by atoms with van der Waals surface area (Å²) >= 11 is 0. The molecule has 4 rings (SSSR count). The maximum absolute atomic E-state index is 14.3. The number of ether oxygens (including phenoxy) is 1. The summed E-state index contributed by atoms with van der Waals surface area (Å²) < 4.78 is 21.5. The molecular weight excluding hydrogens is 409 g/mol. The number of hydrogen-bond acceptors (Lipinski definition) is 6. The van der Waals surface area contributed by atoms with Crippen molar-refractivity contribution >= 4 is 18.5 Å². The molecule has 1 N–H and O–H groups in total. The lowest BCUT2D eigenvalue weighted by atomic mass is 10.0. The number of hydrogen-bond donors (Lipinski definition) is 1. The van der Waals surface area contributed by atoms with Crippen LogP contribution < -0.4 is 0 Å². The molecule has 3 heterocycles. The van der Waals surface area contributed by atoms with E-state index in [2.05, 4.69) is 10.1 Å². The zero-order valence-corrected chi connectivity index (χ0v) is 17.3. The molecule has 2 aliphatic heterocycles. The molecule has 1 aromatic heterocycles. The summed E-state index contributed by atoms with van der Waals surface area (Å²) in [4.78, 5) is 40.4. The molecule has 10 nitrogen and oxygen atoms in total. The maximum Gasteiger partial charge on any atom is 0.410 e. The first-order chi connectivity index (χ1) is 14.8. The molecule has 1 atom stereocenters. The van der Waals surface area contributed by atoms with Crippen molar-refractivity contribution in [3.8, 4) is 11.4 Å². The lowest BCUT2D eigenvalue weighted by Crippen LogP contribution is -2.39. The van der Waals surface area contributed by atoms with E-state index in [1.165, 1.54) is 23.4 Å². The Morgan fingerprint density at radius 1 is 1.35 bits per heavy atom. The van der Waals surface area contributed by atoms with E-state index < -0.39 is 11.4 Å². The molecule has 1 aromatic carbocycles. The Bertz CT molecular complexity index is 981. The van der Waals surface area contributed by atoms with Gasteiger partial charge in [0.15, 0.2) is 11.4 Å². The molecule has 1 unspecified atom stereocenters. The van der Waals surface area contributed by atoms with Crippen molar-refractivity contribution in [2.24, 2.45) is 0 Å². The van der Waals surface area contributed by atoms with E-state index in [1.54, 1.807) is 22.7 Å². The molecule has 0 radical (unpaired) electrons. The molecule has 0 aliphatic carbocycles. The number of halogens is 1. The monoisotopic (exact) mass is 433 g/mol. The number of benzene rings is 1. The number of nitrogens with zero attached hydrogens (tertiary/aromatic N) is 5. The van der Waals surface area contributed by atoms with Gasteiger partial charge in [-0.2, -0.15) is 5.10 Å². The summed E-state index contributed by atoms with van der Waals surface area (Å²) in [6.45, 7) is 3.63. The average molecular weight is 433 g/mol. The van der Waals surface area contributed by atoms with Crippen molar-refractivity contribution in [2.45, 2.75) is 31.9 Å². The summed E-state index contributed by atoms with van der Waals surface area (Å²) in [5.41, 5.74) is 0.0879. The Kier molecular flexibility index (Phi) is 6.52. The normalized spacial score (nSPS) is 19.9. The van der Waals surface area contributed by atoms with Crippen LogP contribution in [0.25, 0.3) is 11.4 Å². The fourth-order valence-corrected chi connectivity index (χ4v) is 3.91. The van der Waals surface area contributed by atoms with Gasteiger partial charge in [0.1, 0.15) is 12.1 Å². The maximum atomic E-state index is 14.3. The van der Waals surface area contributed by atoms with Gasteiger partial charge in [-0.05, 0) is 24.6 Å². The first-order valence-corrected chi connectivity index (χ1v) is 9.82. The van der Waals surface area contributed by atoms with E-state index in [4.69, 9.17) is 14.6 Å². The van der Waals surface area contributed by atoms with Crippen molar-refractivity contribution in [3.05, 3.63) is 35.9 Å². The zero-order valence-electron chi connectivity index (χ0n) is 17.3. The molecule has 166 valence electrons. The average Bonchev–Trinajstić information content (AvgIpc) is 3.41. The van der Waals surface area contributed by atoms with Crippen molar-refractivity contribution in [3.63, 3.8) is 0 Å². The van der Waals surface area contributed by atoms with Gasteiger partial charge >= 0.3 is 6.09 Å². The lowest BCUT2D eigenvalue weighted by Gasteiger charge is -2.22. The molecule has 0 bridgehead atoms. The number of amides is 2. The van der Waals surface area contributed by atoms with Crippen LogP contribution in [0.2, 0.25) is 0 Å². The van der Waals surface area contributed by atoms with Gasteiger partial charge in [0.05, 0.1) is 13.1 Å². The number of aryl methyl sites for hydroxylation is 1. The Morgan fingerprint density at radius 2 is 2.10 bits per heavy atom. The second-order valence-electron chi connectivity index (χ2n) is 7.52. The molecule has 11 heteroatoms. The van der Waals surface area contributed by atoms with Crippen LogP contribution in [0.15, 0.2) is 24.5 Å². The number of carbonyl (C=O) groups is 3. The Hall–Kier alpha value is -3.50. The van der Waals surface area contributed by atoms with Crippen LogP contribution in [-0.4, -0.2) is 80.4 Å². The largest absolute Gasteiger partial charge is 0.483 e. The third-order valence-electron chi connectivity index (χ3n) is 5.20. The minimum atomic E-state index is -0.668. The van der Waals surface area contributed by atoms with Gasteiger partial charge in [-0.25, -0.2) is 18.9 Å². The summed E-state index contributed by atoms with van der Waals surface area (Å²) in [5.74, 6) is -0.266. The highest BCUT2D eigenvalue weighted by atomic mass is 19.1. The topological polar surface area (TPSA) is 118 Å². The molecule has 0 saturated carbocycles. The van der Waals surface area contributed by atoms with Crippen LogP contribution in [-0.2, 0) is 16.1 Å².